The number of hydrogen-bond acceptors (Lipinski definition) is 3. The number of nitrogens with one attached hydrogen (secondary N) is 3. The molecule has 1 unspecified atom stereocenters. The fraction of sp³-hybridized carbons (Fsp3) is 0.364. The van der Waals surface area contributed by atoms with Crippen LogP contribution in [0.15, 0.2) is 48.5 Å². The molecule has 0 aromatic heterocycles. The van der Waals surface area contributed by atoms with Gasteiger partial charge in [0, 0.05) is 24.8 Å². The SMILES string of the molecule is Clc1ccc(CN[C@@H]2CCC[C@@H]2CNC2C=Cc3ccccc3N2)cc1Cl. The van der Waals surface area contributed by atoms with Gasteiger partial charge in [-0.3, -0.25) is 5.32 Å². The molecule has 1 heterocycles. The Kier molecular flexibility index (Phi) is 6.04. The van der Waals surface area contributed by atoms with Crippen LogP contribution in [0.4, 0.5) is 5.69 Å². The van der Waals surface area contributed by atoms with Crippen molar-refractivity contribution in [2.45, 2.75) is 38.0 Å². The van der Waals surface area contributed by atoms with Gasteiger partial charge in [0.2, 0.25) is 0 Å². The fourth-order valence-electron chi connectivity index (χ4n) is 4.04. The molecule has 0 radical (unpaired) electrons. The second kappa shape index (κ2) is 8.66. The minimum absolute atomic E-state index is 0.191. The van der Waals surface area contributed by atoms with Gasteiger partial charge in [-0.15, -0.1) is 0 Å². The normalized spacial score (nSPS) is 23.9. The Bertz CT molecular complexity index is 821. The predicted molar refractivity (Wildman–Crippen MR) is 115 cm³/mol. The monoisotopic (exact) mass is 401 g/mol. The second-order valence-electron chi connectivity index (χ2n) is 7.40. The van der Waals surface area contributed by atoms with Crippen molar-refractivity contribution in [3.63, 3.8) is 0 Å². The van der Waals surface area contributed by atoms with Gasteiger partial charge in [-0.05, 0) is 54.2 Å². The maximum atomic E-state index is 6.13. The molecular weight excluding hydrogens is 377 g/mol. The van der Waals surface area contributed by atoms with Gasteiger partial charge in [-0.2, -0.15) is 0 Å². The molecule has 2 aromatic carbocycles. The summed E-state index contributed by atoms with van der Waals surface area (Å²) in [5, 5.41) is 12.2. The number of anilines is 1. The fourth-order valence-corrected chi connectivity index (χ4v) is 4.36. The Hall–Kier alpha value is -1.52. The van der Waals surface area contributed by atoms with E-state index in [0.717, 1.165) is 13.1 Å². The van der Waals surface area contributed by atoms with Crippen LogP contribution in [0.5, 0.6) is 0 Å². The number of rotatable bonds is 6. The summed E-state index contributed by atoms with van der Waals surface area (Å²) in [6.45, 7) is 1.83. The van der Waals surface area contributed by atoms with E-state index in [9.17, 15) is 0 Å². The molecule has 1 fully saturated rings. The maximum Gasteiger partial charge on any atom is 0.0964 e. The van der Waals surface area contributed by atoms with E-state index in [1.807, 2.05) is 18.2 Å². The number of hydrogen-bond donors (Lipinski definition) is 3. The van der Waals surface area contributed by atoms with Crippen molar-refractivity contribution in [1.82, 2.24) is 10.6 Å². The van der Waals surface area contributed by atoms with Gasteiger partial charge in [0.25, 0.3) is 0 Å². The van der Waals surface area contributed by atoms with Gasteiger partial charge >= 0.3 is 0 Å². The summed E-state index contributed by atoms with van der Waals surface area (Å²) in [7, 11) is 0. The van der Waals surface area contributed by atoms with Gasteiger partial charge in [0.1, 0.15) is 0 Å². The highest BCUT2D eigenvalue weighted by atomic mass is 35.5. The molecule has 3 nitrogen and oxygen atoms in total. The first-order valence-electron chi connectivity index (χ1n) is 9.63. The van der Waals surface area contributed by atoms with Gasteiger partial charge in [0.05, 0.1) is 16.2 Å². The van der Waals surface area contributed by atoms with Crippen LogP contribution in [0.2, 0.25) is 10.0 Å². The molecule has 0 spiro atoms. The molecule has 0 amide bonds. The highest BCUT2D eigenvalue weighted by Gasteiger charge is 2.27. The Morgan fingerprint density at radius 2 is 1.89 bits per heavy atom. The van der Waals surface area contributed by atoms with Gasteiger partial charge < -0.3 is 10.6 Å². The molecule has 2 aliphatic rings. The topological polar surface area (TPSA) is 36.1 Å². The number of halogens is 2. The van der Waals surface area contributed by atoms with Gasteiger partial charge in [-0.25, -0.2) is 0 Å². The van der Waals surface area contributed by atoms with Crippen molar-refractivity contribution in [1.29, 1.82) is 0 Å². The third-order valence-corrected chi connectivity index (χ3v) is 6.29. The third kappa shape index (κ3) is 4.67. The molecule has 27 heavy (non-hydrogen) atoms. The smallest absolute Gasteiger partial charge is 0.0964 e. The molecule has 142 valence electrons. The van der Waals surface area contributed by atoms with Crippen molar-refractivity contribution in [3.8, 4) is 0 Å². The Morgan fingerprint density at radius 1 is 1.00 bits per heavy atom. The quantitative estimate of drug-likeness (QED) is 0.613. The lowest BCUT2D eigenvalue weighted by atomic mass is 10.0. The minimum Gasteiger partial charge on any atom is -0.366 e. The van der Waals surface area contributed by atoms with Crippen molar-refractivity contribution < 1.29 is 0 Å². The molecular formula is C22H25Cl2N3. The molecule has 3 N–H and O–H groups in total. The molecule has 1 saturated carbocycles. The van der Waals surface area contributed by atoms with Crippen molar-refractivity contribution in [2.75, 3.05) is 11.9 Å². The summed E-state index contributed by atoms with van der Waals surface area (Å²) < 4.78 is 0. The number of fused-ring (bicyclic) bond motifs is 1. The average molecular weight is 402 g/mol. The van der Waals surface area contributed by atoms with Crippen molar-refractivity contribution in [2.24, 2.45) is 5.92 Å². The second-order valence-corrected chi connectivity index (χ2v) is 8.22. The predicted octanol–water partition coefficient (Wildman–Crippen LogP) is 5.31. The zero-order chi connectivity index (χ0) is 18.6. The van der Waals surface area contributed by atoms with E-state index in [2.05, 4.69) is 52.4 Å². The summed E-state index contributed by atoms with van der Waals surface area (Å²) in [6.07, 6.45) is 8.36. The minimum atomic E-state index is 0.191. The highest BCUT2D eigenvalue weighted by molar-refractivity contribution is 6.42. The summed E-state index contributed by atoms with van der Waals surface area (Å²) >= 11 is 12.1. The van der Waals surface area contributed by atoms with Crippen LogP contribution in [0.3, 0.4) is 0 Å². The standard InChI is InChI=1S/C22H25Cl2N3/c23-18-10-8-15(12-19(18)24)13-25-20-7-3-5-17(20)14-26-22-11-9-16-4-1-2-6-21(16)27-22/h1-2,4,6,8-12,17,20,22,25-27H,3,5,7,13-14H2/t17-,20-,22?/m1/s1. The molecule has 2 aromatic rings. The Balaban J connectivity index is 1.28. The van der Waals surface area contributed by atoms with Crippen LogP contribution in [0, 0.1) is 5.92 Å². The van der Waals surface area contributed by atoms with Crippen molar-refractivity contribution >= 4 is 35.0 Å². The molecule has 1 aliphatic heterocycles. The highest BCUT2D eigenvalue weighted by Crippen LogP contribution is 2.27. The molecule has 0 saturated heterocycles. The van der Waals surface area contributed by atoms with Gasteiger partial charge in [0.15, 0.2) is 0 Å². The first-order chi connectivity index (χ1) is 13.2. The zero-order valence-corrected chi connectivity index (χ0v) is 16.7. The third-order valence-electron chi connectivity index (χ3n) is 5.55. The number of para-hydroxylation sites is 1. The largest absolute Gasteiger partial charge is 0.366 e. The molecule has 5 heteroatoms. The van der Waals surface area contributed by atoms with Crippen LogP contribution < -0.4 is 16.0 Å². The van der Waals surface area contributed by atoms with E-state index in [4.69, 9.17) is 23.2 Å². The van der Waals surface area contributed by atoms with E-state index in [0.29, 0.717) is 22.0 Å². The van der Waals surface area contributed by atoms with Crippen molar-refractivity contribution in [3.05, 3.63) is 69.7 Å². The van der Waals surface area contributed by atoms with E-state index >= 15 is 0 Å². The van der Waals surface area contributed by atoms with E-state index in [-0.39, 0.29) is 6.17 Å². The van der Waals surface area contributed by atoms with Crippen LogP contribution in [0.25, 0.3) is 6.08 Å². The lowest BCUT2D eigenvalue weighted by Crippen LogP contribution is -2.43. The van der Waals surface area contributed by atoms with Crippen LogP contribution in [-0.2, 0) is 6.54 Å². The van der Waals surface area contributed by atoms with Gasteiger partial charge in [-0.1, -0.05) is 60.0 Å². The lowest BCUT2D eigenvalue weighted by Gasteiger charge is -2.27. The van der Waals surface area contributed by atoms with E-state index < -0.39 is 0 Å². The van der Waals surface area contributed by atoms with Crippen LogP contribution >= 0.6 is 23.2 Å². The summed E-state index contributed by atoms with van der Waals surface area (Å²) in [6, 6.07) is 14.8. The summed E-state index contributed by atoms with van der Waals surface area (Å²) in [5.74, 6) is 0.639. The van der Waals surface area contributed by atoms with E-state index in [1.165, 1.54) is 36.1 Å². The lowest BCUT2D eigenvalue weighted by molar-refractivity contribution is 0.374. The Morgan fingerprint density at radius 3 is 2.78 bits per heavy atom. The molecule has 3 atom stereocenters. The zero-order valence-electron chi connectivity index (χ0n) is 15.2. The molecule has 0 bridgehead atoms. The molecule has 1 aliphatic carbocycles. The van der Waals surface area contributed by atoms with E-state index in [1.54, 1.807) is 0 Å². The van der Waals surface area contributed by atoms with Crippen LogP contribution in [0.1, 0.15) is 30.4 Å². The number of benzene rings is 2. The average Bonchev–Trinajstić information content (AvgIpc) is 3.14. The summed E-state index contributed by atoms with van der Waals surface area (Å²) in [5.41, 5.74) is 3.62. The summed E-state index contributed by atoms with van der Waals surface area (Å²) in [4.78, 5) is 0. The first-order valence-corrected chi connectivity index (χ1v) is 10.4. The Labute approximate surface area is 171 Å². The van der Waals surface area contributed by atoms with Crippen LogP contribution in [-0.4, -0.2) is 18.8 Å². The molecule has 4 rings (SSSR count). The maximum absolute atomic E-state index is 6.13. The first kappa shape index (κ1) is 18.8.